The van der Waals surface area contributed by atoms with E-state index in [1.165, 1.54) is 12.1 Å². The molecule has 0 aliphatic heterocycles. The molecular formula is C11H14F3NO3S. The van der Waals surface area contributed by atoms with E-state index in [-0.39, 0.29) is 6.54 Å². The molecule has 2 N–H and O–H groups in total. The molecule has 108 valence electrons. The lowest BCUT2D eigenvalue weighted by atomic mass is 10.2. The normalized spacial score (nSPS) is 14.2. The quantitative estimate of drug-likeness (QED) is 0.874. The van der Waals surface area contributed by atoms with Crippen molar-refractivity contribution in [2.75, 3.05) is 11.9 Å². The van der Waals surface area contributed by atoms with Crippen LogP contribution in [0.1, 0.15) is 13.3 Å². The lowest BCUT2D eigenvalue weighted by Gasteiger charge is -2.12. The lowest BCUT2D eigenvalue weighted by molar-refractivity contribution is -0.0436. The summed E-state index contributed by atoms with van der Waals surface area (Å²) in [6.45, 7) is 2.02. The molecule has 1 rings (SSSR count). The van der Waals surface area contributed by atoms with Crippen molar-refractivity contribution in [3.8, 4) is 0 Å². The number of anilines is 1. The van der Waals surface area contributed by atoms with Gasteiger partial charge in [0.05, 0.1) is 11.0 Å². The summed E-state index contributed by atoms with van der Waals surface area (Å²) in [4.78, 5) is -0.804. The van der Waals surface area contributed by atoms with Crippen LogP contribution in [-0.4, -0.2) is 31.7 Å². The zero-order valence-corrected chi connectivity index (χ0v) is 10.9. The van der Waals surface area contributed by atoms with Crippen molar-refractivity contribution in [1.29, 1.82) is 0 Å². The second kappa shape index (κ2) is 5.79. The van der Waals surface area contributed by atoms with Gasteiger partial charge in [-0.25, -0.2) is 8.42 Å². The minimum absolute atomic E-state index is 0.238. The number of halogens is 3. The van der Waals surface area contributed by atoms with Crippen LogP contribution in [0.3, 0.4) is 0 Å². The van der Waals surface area contributed by atoms with E-state index in [0.717, 1.165) is 12.1 Å². The van der Waals surface area contributed by atoms with E-state index < -0.39 is 26.3 Å². The topological polar surface area (TPSA) is 66.4 Å². The van der Waals surface area contributed by atoms with Gasteiger partial charge in [0.2, 0.25) is 0 Å². The fourth-order valence-electron chi connectivity index (χ4n) is 1.27. The van der Waals surface area contributed by atoms with E-state index in [1.54, 1.807) is 6.92 Å². The highest BCUT2D eigenvalue weighted by Crippen LogP contribution is 2.30. The largest absolute Gasteiger partial charge is 0.501 e. The molecule has 0 saturated heterocycles. The molecule has 19 heavy (non-hydrogen) atoms. The van der Waals surface area contributed by atoms with Crippen LogP contribution in [-0.2, 0) is 9.84 Å². The third-order valence-corrected chi connectivity index (χ3v) is 3.98. The molecule has 0 radical (unpaired) electrons. The molecule has 0 aromatic heterocycles. The Labute approximate surface area is 109 Å². The molecule has 1 unspecified atom stereocenters. The van der Waals surface area contributed by atoms with Crippen molar-refractivity contribution in [2.24, 2.45) is 0 Å². The van der Waals surface area contributed by atoms with Crippen LogP contribution in [0.15, 0.2) is 29.2 Å². The summed E-state index contributed by atoms with van der Waals surface area (Å²) >= 11 is 0. The lowest BCUT2D eigenvalue weighted by Crippen LogP contribution is -2.23. The minimum Gasteiger partial charge on any atom is -0.391 e. The van der Waals surface area contributed by atoms with E-state index in [4.69, 9.17) is 0 Å². The molecule has 0 fully saturated rings. The molecule has 1 aromatic carbocycles. The Morgan fingerprint density at radius 3 is 2.21 bits per heavy atom. The zero-order valence-electron chi connectivity index (χ0n) is 10.1. The molecule has 0 saturated carbocycles. The summed E-state index contributed by atoms with van der Waals surface area (Å²) in [5.74, 6) is 0. The van der Waals surface area contributed by atoms with Crippen LogP contribution >= 0.6 is 0 Å². The van der Waals surface area contributed by atoms with Gasteiger partial charge in [-0.2, -0.15) is 13.2 Å². The second-order valence-corrected chi connectivity index (χ2v) is 5.86. The number of alkyl halides is 3. The smallest absolute Gasteiger partial charge is 0.391 e. The van der Waals surface area contributed by atoms with E-state index in [1.807, 2.05) is 0 Å². The van der Waals surface area contributed by atoms with E-state index in [9.17, 15) is 26.7 Å². The minimum atomic E-state index is -5.31. The van der Waals surface area contributed by atoms with Gasteiger partial charge in [0.1, 0.15) is 0 Å². The first-order valence-electron chi connectivity index (χ1n) is 5.52. The highest BCUT2D eigenvalue weighted by Gasteiger charge is 2.46. The van der Waals surface area contributed by atoms with Crippen molar-refractivity contribution in [2.45, 2.75) is 29.9 Å². The van der Waals surface area contributed by atoms with Crippen LogP contribution in [0.25, 0.3) is 0 Å². The molecule has 0 amide bonds. The monoisotopic (exact) mass is 297 g/mol. The summed E-state index contributed by atoms with van der Waals surface area (Å²) in [7, 11) is -5.31. The summed E-state index contributed by atoms with van der Waals surface area (Å²) in [6.07, 6.45) is -0.0355. The highest BCUT2D eigenvalue weighted by molar-refractivity contribution is 7.92. The summed E-state index contributed by atoms with van der Waals surface area (Å²) < 4.78 is 59.0. The summed E-state index contributed by atoms with van der Waals surface area (Å²) in [5, 5.41) is 12.1. The molecule has 0 aliphatic carbocycles. The Kier molecular flexibility index (Phi) is 4.81. The Morgan fingerprint density at radius 2 is 1.79 bits per heavy atom. The third kappa shape index (κ3) is 3.84. The first kappa shape index (κ1) is 15.8. The number of nitrogens with one attached hydrogen (secondary N) is 1. The van der Waals surface area contributed by atoms with E-state index >= 15 is 0 Å². The first-order chi connectivity index (χ1) is 8.68. The van der Waals surface area contributed by atoms with Gasteiger partial charge < -0.3 is 10.4 Å². The standard InChI is InChI=1S/C11H14F3NO3S/c1-2-9(16)7-15-8-3-5-10(6-4-8)19(17,18)11(12,13)14/h3-6,9,15-16H,2,7H2,1H3. The van der Waals surface area contributed by atoms with Gasteiger partial charge in [0.25, 0.3) is 9.84 Å². The first-order valence-corrected chi connectivity index (χ1v) is 7.00. The van der Waals surface area contributed by atoms with Crippen LogP contribution in [0.2, 0.25) is 0 Å². The van der Waals surface area contributed by atoms with E-state index in [2.05, 4.69) is 5.32 Å². The Balaban J connectivity index is 2.83. The van der Waals surface area contributed by atoms with Crippen LogP contribution in [0.4, 0.5) is 18.9 Å². The number of hydrogen-bond donors (Lipinski definition) is 2. The van der Waals surface area contributed by atoms with Gasteiger partial charge in [-0.15, -0.1) is 0 Å². The number of aliphatic hydroxyl groups is 1. The average molecular weight is 297 g/mol. The van der Waals surface area contributed by atoms with Crippen LogP contribution in [0.5, 0.6) is 0 Å². The van der Waals surface area contributed by atoms with Crippen molar-refractivity contribution in [1.82, 2.24) is 0 Å². The molecule has 4 nitrogen and oxygen atoms in total. The number of rotatable bonds is 5. The number of hydrogen-bond acceptors (Lipinski definition) is 4. The zero-order chi connectivity index (χ0) is 14.7. The van der Waals surface area contributed by atoms with Gasteiger partial charge >= 0.3 is 5.51 Å². The Hall–Kier alpha value is -1.28. The van der Waals surface area contributed by atoms with E-state index in [0.29, 0.717) is 12.1 Å². The second-order valence-electron chi connectivity index (χ2n) is 3.92. The molecule has 0 heterocycles. The molecule has 0 spiro atoms. The predicted octanol–water partition coefficient (Wildman–Crippen LogP) is 2.16. The molecule has 0 bridgehead atoms. The summed E-state index contributed by atoms with van der Waals surface area (Å²) in [5.41, 5.74) is -4.87. The maximum Gasteiger partial charge on any atom is 0.501 e. The fourth-order valence-corrected chi connectivity index (χ4v) is 2.03. The maximum atomic E-state index is 12.3. The van der Waals surface area contributed by atoms with Gasteiger partial charge in [-0.1, -0.05) is 6.92 Å². The predicted molar refractivity (Wildman–Crippen MR) is 64.5 cm³/mol. The Bertz CT molecular complexity index is 511. The van der Waals surface area contributed by atoms with Crippen molar-refractivity contribution >= 4 is 15.5 Å². The molecule has 8 heteroatoms. The van der Waals surface area contributed by atoms with Gasteiger partial charge in [-0.3, -0.25) is 0 Å². The SMILES string of the molecule is CCC(O)CNc1ccc(S(=O)(=O)C(F)(F)F)cc1. The average Bonchev–Trinajstić information content (AvgIpc) is 2.35. The van der Waals surface area contributed by atoms with Crippen molar-refractivity contribution in [3.05, 3.63) is 24.3 Å². The van der Waals surface area contributed by atoms with Gasteiger partial charge in [-0.05, 0) is 30.7 Å². The van der Waals surface area contributed by atoms with Gasteiger partial charge in [0.15, 0.2) is 0 Å². The molecule has 1 atom stereocenters. The maximum absolute atomic E-state index is 12.3. The Morgan fingerprint density at radius 1 is 1.26 bits per heavy atom. The summed E-state index contributed by atoms with van der Waals surface area (Å²) in [6, 6.07) is 4.20. The number of sulfone groups is 1. The number of aliphatic hydroxyl groups excluding tert-OH is 1. The highest BCUT2D eigenvalue weighted by atomic mass is 32.2. The van der Waals surface area contributed by atoms with Crippen molar-refractivity contribution < 1.29 is 26.7 Å². The number of benzene rings is 1. The van der Waals surface area contributed by atoms with Crippen LogP contribution < -0.4 is 5.32 Å². The third-order valence-electron chi connectivity index (χ3n) is 2.48. The molecule has 1 aromatic rings. The fraction of sp³-hybridized carbons (Fsp3) is 0.455. The molecular weight excluding hydrogens is 283 g/mol. The van der Waals surface area contributed by atoms with Gasteiger partial charge in [0, 0.05) is 12.2 Å². The van der Waals surface area contributed by atoms with Crippen LogP contribution in [0, 0.1) is 0 Å². The van der Waals surface area contributed by atoms with Crippen molar-refractivity contribution in [3.63, 3.8) is 0 Å². The molecule has 0 aliphatic rings.